The van der Waals surface area contributed by atoms with Gasteiger partial charge in [0.15, 0.2) is 0 Å². The third-order valence-corrected chi connectivity index (χ3v) is 4.96. The van der Waals surface area contributed by atoms with Crippen LogP contribution >= 0.6 is 11.3 Å². The third kappa shape index (κ3) is 2.11. The zero-order valence-corrected chi connectivity index (χ0v) is 13.3. The second-order valence-corrected chi connectivity index (χ2v) is 6.78. The molecular formula is C16H16N4OS. The van der Waals surface area contributed by atoms with Gasteiger partial charge in [0.1, 0.15) is 5.01 Å². The van der Waals surface area contributed by atoms with Crippen LogP contribution in [0.2, 0.25) is 0 Å². The molecule has 3 aromatic rings. The highest BCUT2D eigenvalue weighted by atomic mass is 32.1. The minimum Gasteiger partial charge on any atom is -0.361 e. The van der Waals surface area contributed by atoms with Crippen LogP contribution in [0.25, 0.3) is 4.96 Å². The van der Waals surface area contributed by atoms with E-state index in [4.69, 9.17) is 0 Å². The highest BCUT2D eigenvalue weighted by Crippen LogP contribution is 2.33. The number of anilines is 1. The van der Waals surface area contributed by atoms with E-state index in [9.17, 15) is 4.79 Å². The first-order valence-electron chi connectivity index (χ1n) is 7.33. The summed E-state index contributed by atoms with van der Waals surface area (Å²) in [7, 11) is 0. The molecule has 0 amide bonds. The molecule has 0 N–H and O–H groups in total. The molecule has 0 bridgehead atoms. The van der Waals surface area contributed by atoms with Crippen LogP contribution < -0.4 is 10.5 Å². The van der Waals surface area contributed by atoms with Crippen molar-refractivity contribution in [3.63, 3.8) is 0 Å². The van der Waals surface area contributed by atoms with Crippen LogP contribution in [-0.2, 0) is 13.0 Å². The van der Waals surface area contributed by atoms with Gasteiger partial charge in [-0.3, -0.25) is 4.79 Å². The van der Waals surface area contributed by atoms with Gasteiger partial charge in [0.25, 0.3) is 5.56 Å². The molecule has 3 heterocycles. The Labute approximate surface area is 131 Å². The van der Waals surface area contributed by atoms with Crippen LogP contribution in [0.3, 0.4) is 0 Å². The Kier molecular flexibility index (Phi) is 3.00. The molecular weight excluding hydrogens is 296 g/mol. The Morgan fingerprint density at radius 2 is 2.18 bits per heavy atom. The Morgan fingerprint density at radius 3 is 3.05 bits per heavy atom. The van der Waals surface area contributed by atoms with Gasteiger partial charge >= 0.3 is 0 Å². The molecule has 112 valence electrons. The zero-order chi connectivity index (χ0) is 15.3. The number of nitrogens with zero attached hydrogens (tertiary/aromatic N) is 4. The van der Waals surface area contributed by atoms with Crippen molar-refractivity contribution in [1.29, 1.82) is 0 Å². The fourth-order valence-electron chi connectivity index (χ4n) is 3.04. The Balaban J connectivity index is 1.72. The largest absolute Gasteiger partial charge is 0.361 e. The van der Waals surface area contributed by atoms with Crippen LogP contribution in [0.4, 0.5) is 5.69 Å². The predicted molar refractivity (Wildman–Crippen MR) is 87.7 cm³/mol. The molecule has 22 heavy (non-hydrogen) atoms. The predicted octanol–water partition coefficient (Wildman–Crippen LogP) is 2.41. The van der Waals surface area contributed by atoms with Crippen LogP contribution in [0.5, 0.6) is 0 Å². The molecule has 0 saturated carbocycles. The number of aryl methyl sites for hydroxylation is 1. The van der Waals surface area contributed by atoms with Gasteiger partial charge in [0.05, 0.1) is 6.54 Å². The monoisotopic (exact) mass is 312 g/mol. The van der Waals surface area contributed by atoms with Gasteiger partial charge in [0, 0.05) is 23.5 Å². The SMILES string of the molecule is Cc1cc(=O)n2nc(CN3c4ccccc4CC3C)sc2n1. The highest BCUT2D eigenvalue weighted by molar-refractivity contribution is 7.16. The van der Waals surface area contributed by atoms with Crippen molar-refractivity contribution < 1.29 is 0 Å². The van der Waals surface area contributed by atoms with Crippen molar-refractivity contribution in [2.45, 2.75) is 32.9 Å². The maximum atomic E-state index is 12.0. The first-order valence-corrected chi connectivity index (χ1v) is 8.14. The number of hydrogen-bond acceptors (Lipinski definition) is 5. The van der Waals surface area contributed by atoms with Crippen LogP contribution in [0.15, 0.2) is 35.1 Å². The molecule has 4 rings (SSSR count). The molecule has 0 radical (unpaired) electrons. The quantitative estimate of drug-likeness (QED) is 0.729. The average Bonchev–Trinajstić information content (AvgIpc) is 3.01. The van der Waals surface area contributed by atoms with E-state index >= 15 is 0 Å². The van der Waals surface area contributed by atoms with Crippen molar-refractivity contribution in [3.8, 4) is 0 Å². The summed E-state index contributed by atoms with van der Waals surface area (Å²) in [6.07, 6.45) is 1.05. The van der Waals surface area contributed by atoms with E-state index in [0.29, 0.717) is 17.5 Å². The number of aromatic nitrogens is 3. The molecule has 1 unspecified atom stereocenters. The lowest BCUT2D eigenvalue weighted by atomic mass is 10.1. The number of rotatable bonds is 2. The normalized spacial score (nSPS) is 17.2. The first-order chi connectivity index (χ1) is 10.6. The van der Waals surface area contributed by atoms with E-state index in [1.165, 1.54) is 33.2 Å². The molecule has 0 aliphatic carbocycles. The van der Waals surface area contributed by atoms with E-state index in [0.717, 1.165) is 17.1 Å². The van der Waals surface area contributed by atoms with Crippen LogP contribution in [-0.4, -0.2) is 20.6 Å². The molecule has 1 aromatic carbocycles. The van der Waals surface area contributed by atoms with Gasteiger partial charge in [-0.1, -0.05) is 29.5 Å². The second-order valence-electron chi connectivity index (χ2n) is 5.74. The summed E-state index contributed by atoms with van der Waals surface area (Å²) in [5, 5.41) is 5.36. The number of hydrogen-bond donors (Lipinski definition) is 0. The smallest absolute Gasteiger partial charge is 0.275 e. The van der Waals surface area contributed by atoms with E-state index in [1.807, 2.05) is 6.92 Å². The summed E-state index contributed by atoms with van der Waals surface area (Å²) in [5.41, 5.74) is 3.27. The number of para-hydroxylation sites is 1. The van der Waals surface area contributed by atoms with E-state index in [-0.39, 0.29) is 5.56 Å². The first kappa shape index (κ1) is 13.5. The van der Waals surface area contributed by atoms with Gasteiger partial charge in [-0.2, -0.15) is 9.61 Å². The van der Waals surface area contributed by atoms with Crippen LogP contribution in [0, 0.1) is 6.92 Å². The molecule has 1 aliphatic rings. The molecule has 1 atom stereocenters. The summed E-state index contributed by atoms with van der Waals surface area (Å²) >= 11 is 1.49. The van der Waals surface area contributed by atoms with Crippen molar-refractivity contribution in [2.75, 3.05) is 4.90 Å². The van der Waals surface area contributed by atoms with E-state index in [2.05, 4.69) is 46.2 Å². The van der Waals surface area contributed by atoms with Gasteiger partial charge in [-0.05, 0) is 31.9 Å². The Morgan fingerprint density at radius 1 is 1.36 bits per heavy atom. The Bertz CT molecular complexity index is 914. The lowest BCUT2D eigenvalue weighted by Gasteiger charge is -2.23. The third-order valence-electron chi connectivity index (χ3n) is 4.07. The molecule has 0 fully saturated rings. The summed E-state index contributed by atoms with van der Waals surface area (Å²) in [6, 6.07) is 10.4. The zero-order valence-electron chi connectivity index (χ0n) is 12.5. The van der Waals surface area contributed by atoms with Crippen molar-refractivity contribution in [2.24, 2.45) is 0 Å². The van der Waals surface area contributed by atoms with Gasteiger partial charge in [-0.15, -0.1) is 0 Å². The topological polar surface area (TPSA) is 50.5 Å². The molecule has 2 aromatic heterocycles. The highest BCUT2D eigenvalue weighted by Gasteiger charge is 2.26. The molecule has 0 spiro atoms. The van der Waals surface area contributed by atoms with Crippen molar-refractivity contribution >= 4 is 22.0 Å². The summed E-state index contributed by atoms with van der Waals surface area (Å²) < 4.78 is 1.40. The standard InChI is InChI=1S/C16H16N4OS/c1-10-7-15(21)20-16(17-10)22-14(18-20)9-19-11(2)8-12-5-3-4-6-13(12)19/h3-7,11H,8-9H2,1-2H3. The summed E-state index contributed by atoms with van der Waals surface area (Å²) in [4.78, 5) is 19.4. The minimum absolute atomic E-state index is 0.111. The van der Waals surface area contributed by atoms with Crippen molar-refractivity contribution in [1.82, 2.24) is 14.6 Å². The van der Waals surface area contributed by atoms with E-state index < -0.39 is 0 Å². The van der Waals surface area contributed by atoms with Gasteiger partial charge in [0.2, 0.25) is 4.96 Å². The molecule has 1 aliphatic heterocycles. The van der Waals surface area contributed by atoms with Crippen molar-refractivity contribution in [3.05, 3.63) is 57.0 Å². The lowest BCUT2D eigenvalue weighted by Crippen LogP contribution is -2.28. The Hall–Kier alpha value is -2.21. The maximum absolute atomic E-state index is 12.0. The fraction of sp³-hybridized carbons (Fsp3) is 0.312. The molecule has 0 saturated heterocycles. The lowest BCUT2D eigenvalue weighted by molar-refractivity contribution is 0.664. The number of benzene rings is 1. The van der Waals surface area contributed by atoms with E-state index in [1.54, 1.807) is 0 Å². The summed E-state index contributed by atoms with van der Waals surface area (Å²) in [5.74, 6) is 0. The minimum atomic E-state index is -0.111. The molecule has 6 heteroatoms. The fourth-order valence-corrected chi connectivity index (χ4v) is 3.98. The van der Waals surface area contributed by atoms with Crippen LogP contribution in [0.1, 0.15) is 23.2 Å². The summed E-state index contributed by atoms with van der Waals surface area (Å²) in [6.45, 7) is 4.77. The second kappa shape index (κ2) is 4.91. The van der Waals surface area contributed by atoms with Gasteiger partial charge in [-0.25, -0.2) is 4.98 Å². The average molecular weight is 312 g/mol. The van der Waals surface area contributed by atoms with Gasteiger partial charge < -0.3 is 4.90 Å². The molecule has 5 nitrogen and oxygen atoms in total. The maximum Gasteiger partial charge on any atom is 0.275 e. The number of fused-ring (bicyclic) bond motifs is 2.